The van der Waals surface area contributed by atoms with E-state index in [2.05, 4.69) is 5.16 Å². The van der Waals surface area contributed by atoms with Gasteiger partial charge in [0.05, 0.1) is 16.8 Å². The van der Waals surface area contributed by atoms with Crippen molar-refractivity contribution in [3.8, 4) is 0 Å². The molecule has 120 valence electrons. The maximum Gasteiger partial charge on any atom is 0.365 e. The molecule has 24 heavy (non-hydrogen) atoms. The van der Waals surface area contributed by atoms with Crippen molar-refractivity contribution in [3.63, 3.8) is 0 Å². The lowest BCUT2D eigenvalue weighted by atomic mass is 10.1. The van der Waals surface area contributed by atoms with Crippen molar-refractivity contribution in [3.05, 3.63) is 81.2 Å². The summed E-state index contributed by atoms with van der Waals surface area (Å²) < 4.78 is 5.23. The van der Waals surface area contributed by atoms with E-state index in [9.17, 15) is 9.59 Å². The molecule has 0 N–H and O–H groups in total. The number of carbonyl (C=O) groups excluding carboxylic acids is 1. The number of benzene rings is 2. The van der Waals surface area contributed by atoms with E-state index in [0.717, 1.165) is 5.39 Å². The molecule has 3 aromatic rings. The third-order valence-electron chi connectivity index (χ3n) is 3.38. The van der Waals surface area contributed by atoms with Crippen LogP contribution in [0.2, 0.25) is 5.02 Å². The summed E-state index contributed by atoms with van der Waals surface area (Å²) in [5, 5.41) is 5.00. The van der Waals surface area contributed by atoms with E-state index in [0.29, 0.717) is 16.2 Å². The molecule has 1 heterocycles. The number of nitrogens with zero attached hydrogens (tertiary/aromatic N) is 1. The maximum atomic E-state index is 12.0. The van der Waals surface area contributed by atoms with Crippen LogP contribution < -0.4 is 5.63 Å². The Balaban J connectivity index is 1.85. The third kappa shape index (κ3) is 3.36. The molecule has 0 fully saturated rings. The second-order valence-electron chi connectivity index (χ2n) is 5.05. The highest BCUT2D eigenvalue weighted by Gasteiger charge is 2.11. The van der Waals surface area contributed by atoms with Crippen molar-refractivity contribution in [1.29, 1.82) is 0 Å². The molecule has 0 aliphatic carbocycles. The Kier molecular flexibility index (Phi) is 4.44. The van der Waals surface area contributed by atoms with Gasteiger partial charge in [-0.15, -0.1) is 0 Å². The number of rotatable bonds is 3. The summed E-state index contributed by atoms with van der Waals surface area (Å²) in [6.07, 6.45) is 0. The maximum absolute atomic E-state index is 12.0. The smallest absolute Gasteiger partial charge is 0.365 e. The van der Waals surface area contributed by atoms with Crippen molar-refractivity contribution in [1.82, 2.24) is 0 Å². The fraction of sp³-hybridized carbons (Fsp3) is 0.0556. The van der Waals surface area contributed by atoms with Crippen molar-refractivity contribution >= 4 is 34.3 Å². The molecule has 6 heteroatoms. The Morgan fingerprint density at radius 3 is 2.58 bits per heavy atom. The van der Waals surface area contributed by atoms with Crippen molar-refractivity contribution < 1.29 is 14.0 Å². The van der Waals surface area contributed by atoms with Crippen molar-refractivity contribution in [2.75, 3.05) is 0 Å². The molecule has 0 unspecified atom stereocenters. The predicted octanol–water partition coefficient (Wildman–Crippen LogP) is 4.03. The fourth-order valence-corrected chi connectivity index (χ4v) is 2.24. The minimum absolute atomic E-state index is 0.234. The monoisotopic (exact) mass is 341 g/mol. The van der Waals surface area contributed by atoms with Gasteiger partial charge in [0.2, 0.25) is 0 Å². The SMILES string of the molecule is CC(=NOC(=O)c1ccc(Cl)cc1)c1cc2ccccc2oc1=O. The summed E-state index contributed by atoms with van der Waals surface area (Å²) in [5.41, 5.74) is 0.727. The Hall–Kier alpha value is -2.92. The summed E-state index contributed by atoms with van der Waals surface area (Å²) >= 11 is 5.76. The Bertz CT molecular complexity index is 990. The zero-order chi connectivity index (χ0) is 17.1. The lowest BCUT2D eigenvalue weighted by Crippen LogP contribution is -2.13. The predicted molar refractivity (Wildman–Crippen MR) is 91.6 cm³/mol. The highest BCUT2D eigenvalue weighted by atomic mass is 35.5. The van der Waals surface area contributed by atoms with Crippen LogP contribution in [-0.2, 0) is 4.84 Å². The summed E-state index contributed by atoms with van der Waals surface area (Å²) in [7, 11) is 0. The minimum Gasteiger partial charge on any atom is -0.422 e. The zero-order valence-electron chi connectivity index (χ0n) is 12.7. The molecule has 0 bridgehead atoms. The molecule has 5 nitrogen and oxygen atoms in total. The van der Waals surface area contributed by atoms with Gasteiger partial charge in [-0.25, -0.2) is 9.59 Å². The first kappa shape index (κ1) is 16.0. The quantitative estimate of drug-likeness (QED) is 0.312. The van der Waals surface area contributed by atoms with Gasteiger partial charge in [0.15, 0.2) is 0 Å². The number of carbonyl (C=O) groups is 1. The van der Waals surface area contributed by atoms with Gasteiger partial charge in [0.25, 0.3) is 0 Å². The second-order valence-corrected chi connectivity index (χ2v) is 5.48. The third-order valence-corrected chi connectivity index (χ3v) is 3.63. The van der Waals surface area contributed by atoms with Crippen molar-refractivity contribution in [2.45, 2.75) is 6.92 Å². The molecule has 0 spiro atoms. The number of para-hydroxylation sites is 1. The lowest BCUT2D eigenvalue weighted by molar-refractivity contribution is 0.0516. The Labute approximate surface area is 142 Å². The van der Waals surface area contributed by atoms with E-state index in [-0.39, 0.29) is 11.3 Å². The summed E-state index contributed by atoms with van der Waals surface area (Å²) in [5.74, 6) is -0.642. The van der Waals surface area contributed by atoms with Crippen LogP contribution in [0.5, 0.6) is 0 Å². The van der Waals surface area contributed by atoms with Crippen LogP contribution in [0, 0.1) is 0 Å². The van der Waals surface area contributed by atoms with Crippen LogP contribution in [0.15, 0.2) is 69.0 Å². The van der Waals surface area contributed by atoms with Gasteiger partial charge >= 0.3 is 11.6 Å². The number of fused-ring (bicyclic) bond motifs is 1. The van der Waals surface area contributed by atoms with Gasteiger partial charge in [-0.2, -0.15) is 0 Å². The van der Waals surface area contributed by atoms with Gasteiger partial charge in [0.1, 0.15) is 5.58 Å². The molecule has 0 atom stereocenters. The van der Waals surface area contributed by atoms with Gasteiger partial charge in [-0.1, -0.05) is 35.0 Å². The number of halogens is 1. The molecular weight excluding hydrogens is 330 g/mol. The van der Waals surface area contributed by atoms with Gasteiger partial charge < -0.3 is 9.25 Å². The fourth-order valence-electron chi connectivity index (χ4n) is 2.11. The molecular formula is C18H12ClNO4. The van der Waals surface area contributed by atoms with E-state index in [1.165, 1.54) is 12.1 Å². The molecule has 0 saturated heterocycles. The highest BCUT2D eigenvalue weighted by molar-refractivity contribution is 6.30. The van der Waals surface area contributed by atoms with Crippen LogP contribution in [0.4, 0.5) is 0 Å². The topological polar surface area (TPSA) is 68.9 Å². The number of hydrogen-bond donors (Lipinski definition) is 0. The van der Waals surface area contributed by atoms with Crippen LogP contribution in [0.3, 0.4) is 0 Å². The van der Waals surface area contributed by atoms with E-state index >= 15 is 0 Å². The molecule has 0 saturated carbocycles. The first-order valence-corrected chi connectivity index (χ1v) is 7.47. The van der Waals surface area contributed by atoms with Crippen molar-refractivity contribution in [2.24, 2.45) is 5.16 Å². The molecule has 1 aromatic heterocycles. The summed E-state index contributed by atoms with van der Waals surface area (Å²) in [6.45, 7) is 1.57. The second kappa shape index (κ2) is 6.68. The molecule has 0 aliphatic heterocycles. The molecule has 3 rings (SSSR count). The first-order chi connectivity index (χ1) is 11.5. The highest BCUT2D eigenvalue weighted by Crippen LogP contribution is 2.14. The molecule has 2 aromatic carbocycles. The van der Waals surface area contributed by atoms with Gasteiger partial charge in [-0.3, -0.25) is 0 Å². The van der Waals surface area contributed by atoms with Crippen LogP contribution in [-0.4, -0.2) is 11.7 Å². The van der Waals surface area contributed by atoms with Crippen LogP contribution in [0.25, 0.3) is 11.0 Å². The van der Waals surface area contributed by atoms with E-state index in [1.807, 2.05) is 12.1 Å². The normalized spacial score (nSPS) is 11.5. The van der Waals surface area contributed by atoms with Gasteiger partial charge in [-0.05, 0) is 43.3 Å². The average Bonchev–Trinajstić information content (AvgIpc) is 2.59. The first-order valence-electron chi connectivity index (χ1n) is 7.09. The van der Waals surface area contributed by atoms with Gasteiger partial charge in [0, 0.05) is 10.4 Å². The zero-order valence-corrected chi connectivity index (χ0v) is 13.4. The van der Waals surface area contributed by atoms with E-state index in [1.54, 1.807) is 37.3 Å². The number of hydrogen-bond acceptors (Lipinski definition) is 5. The minimum atomic E-state index is -0.642. The average molecular weight is 342 g/mol. The largest absolute Gasteiger partial charge is 0.422 e. The van der Waals surface area contributed by atoms with E-state index < -0.39 is 11.6 Å². The molecule has 0 amide bonds. The Morgan fingerprint density at radius 2 is 1.83 bits per heavy atom. The van der Waals surface area contributed by atoms with Crippen LogP contribution >= 0.6 is 11.6 Å². The summed E-state index contributed by atoms with van der Waals surface area (Å²) in [4.78, 5) is 28.8. The molecule has 0 radical (unpaired) electrons. The van der Waals surface area contributed by atoms with E-state index in [4.69, 9.17) is 20.9 Å². The molecule has 0 aliphatic rings. The standard InChI is InChI=1S/C18H12ClNO4/c1-11(20-24-17(21)12-6-8-14(19)9-7-12)15-10-13-4-2-3-5-16(13)23-18(15)22/h2-10H,1H3. The summed E-state index contributed by atoms with van der Waals surface area (Å²) in [6, 6.07) is 15.0. The Morgan fingerprint density at radius 1 is 1.12 bits per heavy atom. The lowest BCUT2D eigenvalue weighted by Gasteiger charge is -2.02. The van der Waals surface area contributed by atoms with Crippen LogP contribution in [0.1, 0.15) is 22.8 Å². The number of oxime groups is 1.